The van der Waals surface area contributed by atoms with Crippen molar-refractivity contribution in [1.29, 1.82) is 5.26 Å². The van der Waals surface area contributed by atoms with E-state index in [1.165, 1.54) is 28.2 Å². The molecule has 0 radical (unpaired) electrons. The van der Waals surface area contributed by atoms with E-state index in [4.69, 9.17) is 0 Å². The van der Waals surface area contributed by atoms with E-state index in [-0.39, 0.29) is 11.5 Å². The minimum Gasteiger partial charge on any atom is -0.389 e. The van der Waals surface area contributed by atoms with Crippen LogP contribution in [0.4, 0.5) is 0 Å². The zero-order chi connectivity index (χ0) is 22.0. The van der Waals surface area contributed by atoms with E-state index in [2.05, 4.69) is 32.1 Å². The van der Waals surface area contributed by atoms with Crippen molar-refractivity contribution in [3.8, 4) is 6.07 Å². The van der Waals surface area contributed by atoms with E-state index in [1.54, 1.807) is 6.20 Å². The number of hydrogen-bond acceptors (Lipinski definition) is 4. The highest BCUT2D eigenvalue weighted by atomic mass is 16.5. The SMILES string of the molecule is Cc1c(C#N)ccc2c1CCC1C2CC[C@@]2(C)C1CC[C@@]2(O)CC1=CC(C)N(O)C=C1. The van der Waals surface area contributed by atoms with Gasteiger partial charge >= 0.3 is 0 Å². The Morgan fingerprint density at radius 3 is 2.77 bits per heavy atom. The Labute approximate surface area is 185 Å². The van der Waals surface area contributed by atoms with Crippen LogP contribution in [0.25, 0.3) is 0 Å². The summed E-state index contributed by atoms with van der Waals surface area (Å²) < 4.78 is 0. The normalized spacial score (nSPS) is 38.7. The highest BCUT2D eigenvalue weighted by Crippen LogP contribution is 2.65. The minimum absolute atomic E-state index is 0.0549. The molecule has 2 N–H and O–H groups in total. The van der Waals surface area contributed by atoms with Crippen LogP contribution in [0.5, 0.6) is 0 Å². The molecule has 0 spiro atoms. The molecular weight excluding hydrogens is 384 g/mol. The van der Waals surface area contributed by atoms with Crippen molar-refractivity contribution in [1.82, 2.24) is 5.06 Å². The quantitative estimate of drug-likeness (QED) is 0.677. The predicted molar refractivity (Wildman–Crippen MR) is 120 cm³/mol. The molecule has 6 atom stereocenters. The monoisotopic (exact) mass is 418 g/mol. The third-order valence-electron chi connectivity index (χ3n) is 9.45. The number of fused-ring (bicyclic) bond motifs is 5. The summed E-state index contributed by atoms with van der Waals surface area (Å²) in [5.74, 6) is 1.73. The molecule has 0 amide bonds. The summed E-state index contributed by atoms with van der Waals surface area (Å²) in [5, 5.41) is 32.5. The first kappa shape index (κ1) is 20.8. The Balaban J connectivity index is 1.42. The van der Waals surface area contributed by atoms with Crippen molar-refractivity contribution in [3.63, 3.8) is 0 Å². The highest BCUT2D eigenvalue weighted by molar-refractivity contribution is 5.49. The predicted octanol–water partition coefficient (Wildman–Crippen LogP) is 5.38. The Bertz CT molecular complexity index is 1010. The van der Waals surface area contributed by atoms with Crippen LogP contribution in [0.2, 0.25) is 0 Å². The minimum atomic E-state index is -0.684. The fourth-order valence-electron chi connectivity index (χ4n) is 7.57. The number of benzene rings is 1. The molecule has 3 aliphatic carbocycles. The standard InChI is InChI=1S/C27H34N2O2/c1-17-14-19(10-13-29(17)31)15-27(30)12-9-25-24-7-6-21-18(2)20(16-28)4-5-22(21)23(24)8-11-26(25,27)3/h4-5,10,13-14,17,23-25,30-31H,6-9,11-12,15H2,1-3H3/t17?,23?,24?,25?,26-,27+/m0/s1. The fourth-order valence-corrected chi connectivity index (χ4v) is 7.57. The lowest BCUT2D eigenvalue weighted by Gasteiger charge is -2.53. The largest absolute Gasteiger partial charge is 0.389 e. The molecule has 0 saturated heterocycles. The van der Waals surface area contributed by atoms with Crippen molar-refractivity contribution >= 4 is 0 Å². The first-order valence-corrected chi connectivity index (χ1v) is 11.9. The Kier molecular flexibility index (Phi) is 4.84. The molecule has 0 aromatic heterocycles. The molecule has 31 heavy (non-hydrogen) atoms. The van der Waals surface area contributed by atoms with E-state index in [9.17, 15) is 15.6 Å². The molecule has 1 aromatic rings. The zero-order valence-electron chi connectivity index (χ0n) is 18.9. The molecule has 4 heteroatoms. The second-order valence-electron chi connectivity index (χ2n) is 10.7. The molecule has 0 bridgehead atoms. The van der Waals surface area contributed by atoms with Gasteiger partial charge in [-0.25, -0.2) is 0 Å². The summed E-state index contributed by atoms with van der Waals surface area (Å²) in [6.45, 7) is 6.42. The lowest BCUT2D eigenvalue weighted by molar-refractivity contribution is -0.102. The fraction of sp³-hybridized carbons (Fsp3) is 0.593. The van der Waals surface area contributed by atoms with Crippen LogP contribution in [-0.4, -0.2) is 27.0 Å². The first-order chi connectivity index (χ1) is 14.8. The van der Waals surface area contributed by atoms with Crippen LogP contribution >= 0.6 is 0 Å². The number of nitrogens with zero attached hydrogens (tertiary/aromatic N) is 2. The van der Waals surface area contributed by atoms with Crippen LogP contribution in [0.1, 0.15) is 80.5 Å². The van der Waals surface area contributed by atoms with Crippen molar-refractivity contribution in [2.24, 2.45) is 17.3 Å². The van der Waals surface area contributed by atoms with Gasteiger partial charge in [0, 0.05) is 12.6 Å². The van der Waals surface area contributed by atoms with Crippen LogP contribution < -0.4 is 0 Å². The Morgan fingerprint density at radius 2 is 2.03 bits per heavy atom. The van der Waals surface area contributed by atoms with Gasteiger partial charge in [-0.15, -0.1) is 0 Å². The average Bonchev–Trinajstić information content (AvgIpc) is 3.01. The molecule has 5 rings (SSSR count). The highest BCUT2D eigenvalue weighted by Gasteiger charge is 2.61. The summed E-state index contributed by atoms with van der Waals surface area (Å²) in [5.41, 5.74) is 5.27. The van der Waals surface area contributed by atoms with E-state index in [0.717, 1.165) is 43.2 Å². The molecule has 4 unspecified atom stereocenters. The Hall–Kier alpha value is -2.09. The van der Waals surface area contributed by atoms with E-state index in [0.29, 0.717) is 24.2 Å². The maximum absolute atomic E-state index is 12.0. The van der Waals surface area contributed by atoms with Crippen molar-refractivity contribution < 1.29 is 10.3 Å². The van der Waals surface area contributed by atoms with E-state index < -0.39 is 5.60 Å². The molecule has 2 fully saturated rings. The van der Waals surface area contributed by atoms with Crippen LogP contribution in [0.3, 0.4) is 0 Å². The van der Waals surface area contributed by atoms with Crippen LogP contribution in [-0.2, 0) is 6.42 Å². The van der Waals surface area contributed by atoms with Gasteiger partial charge in [0.15, 0.2) is 0 Å². The zero-order valence-corrected chi connectivity index (χ0v) is 18.9. The van der Waals surface area contributed by atoms with E-state index >= 15 is 0 Å². The third-order valence-corrected chi connectivity index (χ3v) is 9.45. The lowest BCUT2D eigenvalue weighted by Crippen LogP contribution is -2.51. The van der Waals surface area contributed by atoms with Crippen molar-refractivity contribution in [2.75, 3.05) is 0 Å². The van der Waals surface area contributed by atoms with Gasteiger partial charge in [0.05, 0.1) is 23.3 Å². The molecule has 4 nitrogen and oxygen atoms in total. The van der Waals surface area contributed by atoms with Crippen molar-refractivity contribution in [3.05, 3.63) is 58.3 Å². The van der Waals surface area contributed by atoms with E-state index in [1.807, 2.05) is 19.1 Å². The third kappa shape index (κ3) is 3.01. The maximum atomic E-state index is 12.0. The van der Waals surface area contributed by atoms with Gasteiger partial charge in [-0.3, -0.25) is 10.3 Å². The Morgan fingerprint density at radius 1 is 1.23 bits per heavy atom. The van der Waals surface area contributed by atoms with Gasteiger partial charge in [-0.05, 0) is 110 Å². The molecule has 1 heterocycles. The summed E-state index contributed by atoms with van der Waals surface area (Å²) in [7, 11) is 0. The number of allylic oxidation sites excluding steroid dienone is 1. The van der Waals surface area contributed by atoms with Crippen molar-refractivity contribution in [2.45, 2.75) is 83.3 Å². The van der Waals surface area contributed by atoms with Crippen LogP contribution in [0.15, 0.2) is 36.1 Å². The second kappa shape index (κ2) is 7.22. The maximum Gasteiger partial charge on any atom is 0.0994 e. The smallest absolute Gasteiger partial charge is 0.0994 e. The average molecular weight is 419 g/mol. The summed E-state index contributed by atoms with van der Waals surface area (Å²) >= 11 is 0. The van der Waals surface area contributed by atoms with Gasteiger partial charge in [0.2, 0.25) is 0 Å². The van der Waals surface area contributed by atoms with Gasteiger partial charge < -0.3 is 5.11 Å². The number of hydroxylamine groups is 2. The first-order valence-electron chi connectivity index (χ1n) is 11.9. The molecule has 2 saturated carbocycles. The number of hydrogen-bond donors (Lipinski definition) is 2. The van der Waals surface area contributed by atoms with Gasteiger partial charge in [0.1, 0.15) is 0 Å². The molecule has 1 aromatic carbocycles. The van der Waals surface area contributed by atoms with Crippen LogP contribution in [0, 0.1) is 35.5 Å². The molecule has 164 valence electrons. The lowest BCUT2D eigenvalue weighted by atomic mass is 9.52. The summed E-state index contributed by atoms with van der Waals surface area (Å²) in [6, 6.07) is 6.54. The number of aliphatic hydroxyl groups is 1. The number of nitriles is 1. The molecule has 1 aliphatic heterocycles. The topological polar surface area (TPSA) is 67.5 Å². The summed E-state index contributed by atoms with van der Waals surface area (Å²) in [6.07, 6.45) is 12.8. The summed E-state index contributed by atoms with van der Waals surface area (Å²) in [4.78, 5) is 0. The molecule has 4 aliphatic rings. The number of rotatable bonds is 2. The molecular formula is C27H34N2O2. The van der Waals surface area contributed by atoms with Gasteiger partial charge in [-0.2, -0.15) is 5.26 Å². The van der Waals surface area contributed by atoms with Gasteiger partial charge in [0.25, 0.3) is 0 Å². The second-order valence-corrected chi connectivity index (χ2v) is 10.7. The van der Waals surface area contributed by atoms with Gasteiger partial charge in [-0.1, -0.05) is 19.1 Å².